The second kappa shape index (κ2) is 11.1. The fourth-order valence-electron chi connectivity index (χ4n) is 4.06. The van der Waals surface area contributed by atoms with Gasteiger partial charge in [-0.15, -0.1) is 0 Å². The van der Waals surface area contributed by atoms with Crippen molar-refractivity contribution in [1.82, 2.24) is 4.57 Å². The summed E-state index contributed by atoms with van der Waals surface area (Å²) in [6, 6.07) is 8.74. The fourth-order valence-corrected chi connectivity index (χ4v) is 5.23. The minimum atomic E-state index is -1.17. The predicted molar refractivity (Wildman–Crippen MR) is 143 cm³/mol. The molecule has 2 aromatic carbocycles. The van der Waals surface area contributed by atoms with Gasteiger partial charge in [-0.25, -0.2) is 14.6 Å². The molecule has 0 spiro atoms. The number of benzene rings is 2. The molecule has 2 heterocycles. The molecule has 4 rings (SSSR count). The lowest BCUT2D eigenvalue weighted by atomic mass is 9.95. The van der Waals surface area contributed by atoms with Crippen molar-refractivity contribution in [3.8, 4) is 11.5 Å². The minimum Gasteiger partial charge on any atom is -0.493 e. The number of halogens is 1. The van der Waals surface area contributed by atoms with Crippen LogP contribution in [0, 0.1) is 0 Å². The largest absolute Gasteiger partial charge is 0.493 e. The van der Waals surface area contributed by atoms with Crippen LogP contribution in [0.2, 0.25) is 5.02 Å². The zero-order valence-corrected chi connectivity index (χ0v) is 22.5. The van der Waals surface area contributed by atoms with Crippen molar-refractivity contribution in [3.05, 3.63) is 83.5 Å². The number of aromatic carboxylic acids is 1. The van der Waals surface area contributed by atoms with Crippen LogP contribution >= 0.6 is 22.9 Å². The topological polar surface area (TPSA) is 128 Å². The average molecular weight is 558 g/mol. The van der Waals surface area contributed by atoms with Crippen LogP contribution in [-0.4, -0.2) is 42.4 Å². The van der Waals surface area contributed by atoms with E-state index in [-0.39, 0.29) is 22.8 Å². The van der Waals surface area contributed by atoms with Gasteiger partial charge in [-0.2, -0.15) is 0 Å². The Kier molecular flexibility index (Phi) is 7.88. The van der Waals surface area contributed by atoms with Gasteiger partial charge in [0.25, 0.3) is 5.56 Å². The molecule has 1 aliphatic rings. The number of fused-ring (bicyclic) bond motifs is 1. The minimum absolute atomic E-state index is 0.0744. The molecule has 0 fully saturated rings. The maximum absolute atomic E-state index is 13.7. The first kappa shape index (κ1) is 27.0. The number of anilines is 1. The Balaban J connectivity index is 1.87. The first-order valence-corrected chi connectivity index (χ1v) is 12.6. The summed E-state index contributed by atoms with van der Waals surface area (Å²) in [6.07, 6.45) is 1.47. The van der Waals surface area contributed by atoms with Crippen LogP contribution < -0.4 is 29.7 Å². The second-order valence-corrected chi connectivity index (χ2v) is 9.48. The van der Waals surface area contributed by atoms with Crippen molar-refractivity contribution < 1.29 is 28.9 Å². The number of rotatable bonds is 8. The number of methoxy groups -OCH3 is 2. The molecule has 12 heteroatoms. The summed E-state index contributed by atoms with van der Waals surface area (Å²) in [5.74, 6) is -0.822. The summed E-state index contributed by atoms with van der Waals surface area (Å²) in [5.41, 5.74) is 1.21. The number of ether oxygens (including phenoxy) is 3. The number of thiazole rings is 1. The van der Waals surface area contributed by atoms with Crippen LogP contribution in [0.5, 0.6) is 11.5 Å². The summed E-state index contributed by atoms with van der Waals surface area (Å²) >= 11 is 7.07. The molecular weight excluding hydrogens is 534 g/mol. The van der Waals surface area contributed by atoms with Crippen LogP contribution in [0.3, 0.4) is 0 Å². The average Bonchev–Trinajstić information content (AvgIpc) is 3.21. The van der Waals surface area contributed by atoms with Crippen LogP contribution in [-0.2, 0) is 9.53 Å². The highest BCUT2D eigenvalue weighted by atomic mass is 35.5. The standard InChI is InChI=1S/C26H24ClN3O7S/c1-5-37-25(34)21-13(2)29-26-30(22(21)14-6-9-18(35-3)19(10-14)36-4)23(31)20(38-26)12-28-15-7-8-17(27)16(11-15)24(32)33/h6-12,22,28H,5H2,1-4H3,(H,32,33)/b20-12-/t22-/m0/s1. The van der Waals surface area contributed by atoms with Crippen LogP contribution in [0.25, 0.3) is 6.20 Å². The maximum Gasteiger partial charge on any atom is 0.338 e. The van der Waals surface area contributed by atoms with Crippen LogP contribution in [0.1, 0.15) is 35.8 Å². The first-order valence-electron chi connectivity index (χ1n) is 11.4. The summed E-state index contributed by atoms with van der Waals surface area (Å²) in [6.45, 7) is 3.55. The number of hydrogen-bond acceptors (Lipinski definition) is 9. The lowest BCUT2D eigenvalue weighted by molar-refractivity contribution is -0.139. The van der Waals surface area contributed by atoms with E-state index < -0.39 is 23.5 Å². The van der Waals surface area contributed by atoms with Crippen molar-refractivity contribution in [2.45, 2.75) is 19.9 Å². The smallest absolute Gasteiger partial charge is 0.338 e. The molecule has 0 bridgehead atoms. The molecule has 0 unspecified atom stereocenters. The van der Waals surface area contributed by atoms with Crippen molar-refractivity contribution >= 4 is 46.8 Å². The van der Waals surface area contributed by atoms with Crippen LogP contribution in [0.4, 0.5) is 5.69 Å². The van der Waals surface area contributed by atoms with Gasteiger partial charge in [-0.05, 0) is 49.7 Å². The predicted octanol–water partition coefficient (Wildman–Crippen LogP) is 3.19. The van der Waals surface area contributed by atoms with Crippen LogP contribution in [0.15, 0.2) is 57.5 Å². The molecule has 0 saturated heterocycles. The lowest BCUT2D eigenvalue weighted by Crippen LogP contribution is -2.40. The van der Waals surface area contributed by atoms with Crippen molar-refractivity contribution in [3.63, 3.8) is 0 Å². The number of nitrogens with one attached hydrogen (secondary N) is 1. The zero-order chi connectivity index (χ0) is 27.6. The molecule has 0 radical (unpaired) electrons. The van der Waals surface area contributed by atoms with E-state index in [1.54, 1.807) is 38.1 Å². The third-order valence-corrected chi connectivity index (χ3v) is 7.12. The Hall–Kier alpha value is -4.09. The van der Waals surface area contributed by atoms with Gasteiger partial charge in [0.05, 0.1) is 48.7 Å². The fraction of sp³-hybridized carbons (Fsp3) is 0.231. The molecule has 38 heavy (non-hydrogen) atoms. The van der Waals surface area contributed by atoms with E-state index in [1.807, 2.05) is 0 Å². The molecule has 2 N–H and O–H groups in total. The Morgan fingerprint density at radius 2 is 1.92 bits per heavy atom. The number of hydrogen-bond donors (Lipinski definition) is 2. The molecule has 0 aliphatic carbocycles. The molecule has 198 valence electrons. The number of allylic oxidation sites excluding steroid dienone is 1. The first-order chi connectivity index (χ1) is 18.2. The zero-order valence-electron chi connectivity index (χ0n) is 20.9. The maximum atomic E-state index is 13.7. The van der Waals surface area contributed by atoms with E-state index >= 15 is 0 Å². The summed E-state index contributed by atoms with van der Waals surface area (Å²) in [7, 11) is 3.01. The highest BCUT2D eigenvalue weighted by molar-refractivity contribution is 7.07. The molecule has 0 amide bonds. The molecule has 1 aliphatic heterocycles. The molecule has 1 aromatic heterocycles. The quantitative estimate of drug-likeness (QED) is 0.404. The summed E-state index contributed by atoms with van der Waals surface area (Å²) < 4.78 is 17.8. The monoisotopic (exact) mass is 557 g/mol. The van der Waals surface area contributed by atoms with Gasteiger partial charge in [0.2, 0.25) is 0 Å². The molecule has 1 atom stereocenters. The third kappa shape index (κ3) is 5.02. The SMILES string of the molecule is CCOC(=O)C1=C(C)N=c2s/c(=C\Nc3ccc(Cl)c(C(=O)O)c3)c(=O)n2[C@H]1c1ccc(OC)c(OC)c1. The molecule has 3 aromatic rings. The lowest BCUT2D eigenvalue weighted by Gasteiger charge is -2.25. The van der Waals surface area contributed by atoms with Crippen molar-refractivity contribution in [1.29, 1.82) is 0 Å². The normalized spacial score (nSPS) is 15.0. The molecule has 10 nitrogen and oxygen atoms in total. The second-order valence-electron chi connectivity index (χ2n) is 8.06. The number of carbonyl (C=O) groups is 2. The third-order valence-electron chi connectivity index (χ3n) is 5.81. The van der Waals surface area contributed by atoms with Crippen molar-refractivity contribution in [2.75, 3.05) is 26.1 Å². The van der Waals surface area contributed by atoms with Gasteiger partial charge < -0.3 is 24.6 Å². The van der Waals surface area contributed by atoms with E-state index in [9.17, 15) is 19.5 Å². The Morgan fingerprint density at radius 1 is 1.18 bits per heavy atom. The van der Waals surface area contributed by atoms with E-state index in [0.717, 1.165) is 11.3 Å². The van der Waals surface area contributed by atoms with Crippen molar-refractivity contribution in [2.24, 2.45) is 4.99 Å². The highest BCUT2D eigenvalue weighted by Crippen LogP contribution is 2.36. The molecule has 0 saturated carbocycles. The summed E-state index contributed by atoms with van der Waals surface area (Å²) in [5, 5.41) is 12.4. The number of carbonyl (C=O) groups excluding carboxylic acids is 1. The highest BCUT2D eigenvalue weighted by Gasteiger charge is 2.34. The number of aromatic nitrogens is 1. The van der Waals surface area contributed by atoms with Gasteiger partial charge >= 0.3 is 11.9 Å². The van der Waals surface area contributed by atoms with Gasteiger partial charge in [0.1, 0.15) is 4.53 Å². The number of esters is 1. The summed E-state index contributed by atoms with van der Waals surface area (Å²) in [4.78, 5) is 43.0. The van der Waals surface area contributed by atoms with E-state index in [1.165, 1.54) is 37.1 Å². The van der Waals surface area contributed by atoms with E-state index in [0.29, 0.717) is 37.8 Å². The van der Waals surface area contributed by atoms with E-state index in [2.05, 4.69) is 10.3 Å². The Morgan fingerprint density at radius 3 is 2.58 bits per heavy atom. The molecular formula is C26H24ClN3O7S. The van der Waals surface area contributed by atoms with E-state index in [4.69, 9.17) is 25.8 Å². The van der Waals surface area contributed by atoms with Gasteiger partial charge in [0, 0.05) is 11.9 Å². The number of nitrogens with zero attached hydrogens (tertiary/aromatic N) is 2. The number of carboxylic acid groups (broad SMARTS) is 1. The Bertz CT molecular complexity index is 1640. The van der Waals surface area contributed by atoms with Gasteiger partial charge in [-0.3, -0.25) is 9.36 Å². The van der Waals surface area contributed by atoms with Gasteiger partial charge in [0.15, 0.2) is 16.3 Å². The van der Waals surface area contributed by atoms with Gasteiger partial charge in [-0.1, -0.05) is 29.0 Å². The number of carboxylic acids is 1. The Labute approximate surface area is 226 Å².